The number of hydrogen-bond acceptors (Lipinski definition) is 2. The summed E-state index contributed by atoms with van der Waals surface area (Å²) in [7, 11) is 1.35. The van der Waals surface area contributed by atoms with Crippen LogP contribution in [0.2, 0.25) is 5.02 Å². The number of alkyl halides is 1. The van der Waals surface area contributed by atoms with Gasteiger partial charge in [0.2, 0.25) is 0 Å². The summed E-state index contributed by atoms with van der Waals surface area (Å²) in [6.45, 7) is 0. The number of ether oxygens (including phenoxy) is 1. The van der Waals surface area contributed by atoms with Gasteiger partial charge in [0.05, 0.1) is 17.7 Å². The Balaban J connectivity index is 2.89. The topological polar surface area (TPSA) is 26.3 Å². The van der Waals surface area contributed by atoms with Crippen molar-refractivity contribution in [2.45, 2.75) is 12.8 Å². The summed E-state index contributed by atoms with van der Waals surface area (Å²) in [5, 5.41) is 1.38. The molecule has 4 heteroatoms. The molecule has 15 heavy (non-hydrogen) atoms. The van der Waals surface area contributed by atoms with Gasteiger partial charge in [-0.2, -0.15) is 0 Å². The van der Waals surface area contributed by atoms with Gasteiger partial charge in [-0.15, -0.1) is 0 Å². The van der Waals surface area contributed by atoms with Crippen LogP contribution in [0.4, 0.5) is 0 Å². The van der Waals surface area contributed by atoms with Crippen LogP contribution >= 0.6 is 27.5 Å². The van der Waals surface area contributed by atoms with E-state index in [2.05, 4.69) is 20.7 Å². The fourth-order valence-electron chi connectivity index (χ4n) is 1.27. The summed E-state index contributed by atoms with van der Waals surface area (Å²) in [5.41, 5.74) is 1.53. The molecule has 0 amide bonds. The maximum Gasteiger partial charge on any atom is 0.339 e. The van der Waals surface area contributed by atoms with Crippen molar-refractivity contribution in [3.8, 4) is 0 Å². The molecule has 0 saturated heterocycles. The van der Waals surface area contributed by atoms with Gasteiger partial charge >= 0.3 is 5.97 Å². The number of carbonyl (C=O) groups is 1. The Kier molecular flexibility index (Phi) is 5.12. The average Bonchev–Trinajstić information content (AvgIpc) is 2.27. The number of rotatable bonds is 4. The molecule has 0 heterocycles. The minimum Gasteiger partial charge on any atom is -0.465 e. The highest BCUT2D eigenvalue weighted by molar-refractivity contribution is 9.09. The van der Waals surface area contributed by atoms with Crippen LogP contribution < -0.4 is 0 Å². The zero-order valence-corrected chi connectivity index (χ0v) is 10.8. The Labute approximate surface area is 103 Å². The third-order valence-corrected chi connectivity index (χ3v) is 2.93. The number of aryl methyl sites for hydroxylation is 1. The van der Waals surface area contributed by atoms with Gasteiger partial charge in [-0.1, -0.05) is 33.6 Å². The maximum atomic E-state index is 11.3. The van der Waals surface area contributed by atoms with E-state index in [1.807, 2.05) is 6.07 Å². The predicted octanol–water partition coefficient (Wildman–Crippen LogP) is 3.45. The van der Waals surface area contributed by atoms with Gasteiger partial charge in [0, 0.05) is 5.33 Å². The molecular weight excluding hydrogens is 279 g/mol. The Morgan fingerprint density at radius 3 is 2.87 bits per heavy atom. The summed E-state index contributed by atoms with van der Waals surface area (Å²) in [4.78, 5) is 11.3. The lowest BCUT2D eigenvalue weighted by Gasteiger charge is -2.05. The van der Waals surface area contributed by atoms with Crippen LogP contribution in [0.25, 0.3) is 0 Å². The van der Waals surface area contributed by atoms with Crippen molar-refractivity contribution in [3.05, 3.63) is 34.3 Å². The van der Waals surface area contributed by atoms with E-state index in [-0.39, 0.29) is 5.97 Å². The molecule has 1 aromatic rings. The molecule has 0 aliphatic rings. The molecule has 0 unspecified atom stereocenters. The number of methoxy groups -OCH3 is 1. The third-order valence-electron chi connectivity index (χ3n) is 2.04. The second-order valence-electron chi connectivity index (χ2n) is 3.10. The van der Waals surface area contributed by atoms with Crippen LogP contribution in [-0.4, -0.2) is 18.4 Å². The molecule has 0 fully saturated rings. The smallest absolute Gasteiger partial charge is 0.339 e. The molecule has 0 N–H and O–H groups in total. The predicted molar refractivity (Wildman–Crippen MR) is 64.9 cm³/mol. The quantitative estimate of drug-likeness (QED) is 0.627. The lowest BCUT2D eigenvalue weighted by Crippen LogP contribution is -2.03. The van der Waals surface area contributed by atoms with Gasteiger partial charge in [0.15, 0.2) is 0 Å². The first kappa shape index (κ1) is 12.5. The molecule has 1 aromatic carbocycles. The summed E-state index contributed by atoms with van der Waals surface area (Å²) >= 11 is 9.26. The number of benzene rings is 1. The fourth-order valence-corrected chi connectivity index (χ4v) is 1.74. The molecule has 1 rings (SSSR count). The van der Waals surface area contributed by atoms with E-state index >= 15 is 0 Å². The van der Waals surface area contributed by atoms with Crippen LogP contribution in [-0.2, 0) is 11.2 Å². The summed E-state index contributed by atoms with van der Waals surface area (Å²) in [5.74, 6) is -0.388. The van der Waals surface area contributed by atoms with Crippen molar-refractivity contribution < 1.29 is 9.53 Å². The fraction of sp³-hybridized carbons (Fsp3) is 0.364. The van der Waals surface area contributed by atoms with Crippen LogP contribution in [0.3, 0.4) is 0 Å². The monoisotopic (exact) mass is 290 g/mol. The van der Waals surface area contributed by atoms with Crippen LogP contribution in [0.15, 0.2) is 18.2 Å². The van der Waals surface area contributed by atoms with Crippen LogP contribution in [0.5, 0.6) is 0 Å². The number of carbonyl (C=O) groups excluding carboxylic acids is 1. The minimum absolute atomic E-state index is 0.388. The van der Waals surface area contributed by atoms with Gasteiger partial charge < -0.3 is 4.74 Å². The minimum atomic E-state index is -0.388. The first-order chi connectivity index (χ1) is 7.19. The zero-order chi connectivity index (χ0) is 11.3. The van der Waals surface area contributed by atoms with E-state index in [1.165, 1.54) is 7.11 Å². The molecule has 0 bridgehead atoms. The Hall–Kier alpha value is -0.540. The maximum absolute atomic E-state index is 11.3. The van der Waals surface area contributed by atoms with Gasteiger partial charge in [0.1, 0.15) is 0 Å². The van der Waals surface area contributed by atoms with Gasteiger partial charge in [-0.25, -0.2) is 4.79 Å². The van der Waals surface area contributed by atoms with Gasteiger partial charge in [-0.05, 0) is 30.5 Å². The summed E-state index contributed by atoms with van der Waals surface area (Å²) < 4.78 is 4.64. The van der Waals surface area contributed by atoms with Gasteiger partial charge in [-0.3, -0.25) is 0 Å². The molecule has 2 nitrogen and oxygen atoms in total. The normalized spacial score (nSPS) is 10.1. The molecule has 0 aliphatic heterocycles. The molecule has 0 radical (unpaired) electrons. The average molecular weight is 292 g/mol. The van der Waals surface area contributed by atoms with Crippen LogP contribution in [0.1, 0.15) is 22.3 Å². The SMILES string of the molecule is COC(=O)c1cc(CCCBr)ccc1Cl. The van der Waals surface area contributed by atoms with E-state index in [1.54, 1.807) is 12.1 Å². The molecule has 0 saturated carbocycles. The number of hydrogen-bond donors (Lipinski definition) is 0. The Morgan fingerprint density at radius 2 is 2.27 bits per heavy atom. The molecule has 82 valence electrons. The van der Waals surface area contributed by atoms with Crippen molar-refractivity contribution in [1.82, 2.24) is 0 Å². The third kappa shape index (κ3) is 3.50. The lowest BCUT2D eigenvalue weighted by molar-refractivity contribution is 0.0601. The first-order valence-corrected chi connectivity index (χ1v) is 6.11. The van der Waals surface area contributed by atoms with E-state index in [4.69, 9.17) is 11.6 Å². The lowest BCUT2D eigenvalue weighted by atomic mass is 10.1. The zero-order valence-electron chi connectivity index (χ0n) is 8.43. The largest absolute Gasteiger partial charge is 0.465 e. The van der Waals surface area contributed by atoms with Crippen LogP contribution in [0, 0.1) is 0 Å². The van der Waals surface area contributed by atoms with Crippen molar-refractivity contribution in [2.75, 3.05) is 12.4 Å². The molecule has 0 spiro atoms. The van der Waals surface area contributed by atoms with Gasteiger partial charge in [0.25, 0.3) is 0 Å². The standard InChI is InChI=1S/C11H12BrClO2/c1-15-11(14)9-7-8(3-2-6-12)4-5-10(9)13/h4-5,7H,2-3,6H2,1H3. The van der Waals surface area contributed by atoms with Crippen molar-refractivity contribution >= 4 is 33.5 Å². The van der Waals surface area contributed by atoms with Crippen molar-refractivity contribution in [1.29, 1.82) is 0 Å². The highest BCUT2D eigenvalue weighted by Crippen LogP contribution is 2.19. The summed E-state index contributed by atoms with van der Waals surface area (Å²) in [6.07, 6.45) is 1.95. The van der Waals surface area contributed by atoms with Crippen molar-refractivity contribution in [3.63, 3.8) is 0 Å². The van der Waals surface area contributed by atoms with E-state index in [0.29, 0.717) is 10.6 Å². The summed E-state index contributed by atoms with van der Waals surface area (Å²) in [6, 6.07) is 5.45. The molecule has 0 aliphatic carbocycles. The first-order valence-electron chi connectivity index (χ1n) is 4.61. The second kappa shape index (κ2) is 6.13. The van der Waals surface area contributed by atoms with E-state index < -0.39 is 0 Å². The second-order valence-corrected chi connectivity index (χ2v) is 4.30. The Bertz CT molecular complexity index is 352. The highest BCUT2D eigenvalue weighted by Gasteiger charge is 2.10. The molecule has 0 aromatic heterocycles. The van der Waals surface area contributed by atoms with Crippen molar-refractivity contribution in [2.24, 2.45) is 0 Å². The van der Waals surface area contributed by atoms with E-state index in [0.717, 1.165) is 23.7 Å². The number of esters is 1. The Morgan fingerprint density at radius 1 is 1.53 bits per heavy atom. The highest BCUT2D eigenvalue weighted by atomic mass is 79.9. The number of halogens is 2. The van der Waals surface area contributed by atoms with E-state index in [9.17, 15) is 4.79 Å². The molecule has 0 atom stereocenters. The molecular formula is C11H12BrClO2.